The van der Waals surface area contributed by atoms with E-state index >= 15 is 0 Å². The van der Waals surface area contributed by atoms with Crippen LogP contribution in [0.4, 0.5) is 0 Å². The molecule has 2 fully saturated rings. The maximum Gasteiger partial charge on any atom is 0.494 e. The zero-order chi connectivity index (χ0) is 29.2. The van der Waals surface area contributed by atoms with Crippen molar-refractivity contribution >= 4 is 31.1 Å². The Bertz CT molecular complexity index is 1490. The van der Waals surface area contributed by atoms with Crippen LogP contribution < -0.4 is 15.7 Å². The van der Waals surface area contributed by atoms with E-state index in [2.05, 4.69) is 0 Å². The summed E-state index contributed by atoms with van der Waals surface area (Å²) in [5.74, 6) is 0.769. The van der Waals surface area contributed by atoms with E-state index in [1.807, 2.05) is 110 Å². The summed E-state index contributed by atoms with van der Waals surface area (Å²) in [6, 6.07) is 19.2. The molecule has 0 saturated carbocycles. The summed E-state index contributed by atoms with van der Waals surface area (Å²) < 4.78 is 38.3. The van der Waals surface area contributed by atoms with Gasteiger partial charge in [-0.2, -0.15) is 0 Å². The summed E-state index contributed by atoms with van der Waals surface area (Å²) in [6.45, 7) is 16.2. The molecule has 0 N–H and O–H groups in total. The Morgan fingerprint density at radius 3 is 1.45 bits per heavy atom. The van der Waals surface area contributed by atoms with Crippen molar-refractivity contribution in [3.8, 4) is 11.5 Å². The monoisotopic (exact) mass is 568 g/mol. The lowest BCUT2D eigenvalue weighted by molar-refractivity contribution is 0.00578. The van der Waals surface area contributed by atoms with Gasteiger partial charge in [-0.15, -0.1) is 0 Å². The van der Waals surface area contributed by atoms with Gasteiger partial charge in [-0.05, 0) is 84.5 Å². The third-order valence-corrected chi connectivity index (χ3v) is 9.81. The van der Waals surface area contributed by atoms with Crippen molar-refractivity contribution in [1.82, 2.24) is 0 Å². The van der Waals surface area contributed by atoms with Gasteiger partial charge in [0.1, 0.15) is 11.5 Å². The molecule has 7 rings (SSSR count). The van der Waals surface area contributed by atoms with Gasteiger partial charge in [-0.1, -0.05) is 49.9 Å². The number of carbonyl (C=O) groups is 1. The average molecular weight is 568 g/mol. The van der Waals surface area contributed by atoms with Crippen molar-refractivity contribution < 1.29 is 32.9 Å². The fourth-order valence-electron chi connectivity index (χ4n) is 5.96. The first-order chi connectivity index (χ1) is 19.2. The molecule has 1 spiro atoms. The Morgan fingerprint density at radius 1 is 0.571 bits per heavy atom. The molecule has 3 aromatic carbocycles. The van der Waals surface area contributed by atoms with E-state index in [9.17, 15) is 4.79 Å². The van der Waals surface area contributed by atoms with Gasteiger partial charge in [0.05, 0.1) is 28.0 Å². The lowest BCUT2D eigenvalue weighted by Gasteiger charge is -2.37. The molecule has 0 atom stereocenters. The van der Waals surface area contributed by atoms with Crippen LogP contribution in [0.3, 0.4) is 0 Å². The maximum atomic E-state index is 13.3. The predicted molar refractivity (Wildman–Crippen MR) is 163 cm³/mol. The van der Waals surface area contributed by atoms with Crippen molar-refractivity contribution in [2.24, 2.45) is 0 Å². The highest BCUT2D eigenvalue weighted by Gasteiger charge is 2.56. The van der Waals surface area contributed by atoms with Crippen LogP contribution in [0, 0.1) is 0 Å². The van der Waals surface area contributed by atoms with E-state index in [4.69, 9.17) is 28.1 Å². The van der Waals surface area contributed by atoms with Crippen LogP contribution >= 0.6 is 0 Å². The third kappa shape index (κ3) is 3.87. The smallest absolute Gasteiger partial charge is 0.456 e. The second-order valence-electron chi connectivity index (χ2n) is 13.4. The van der Waals surface area contributed by atoms with E-state index in [-0.39, 0.29) is 13.4 Å². The Balaban J connectivity index is 0.00000316. The van der Waals surface area contributed by atoms with Crippen LogP contribution in [0.1, 0.15) is 89.9 Å². The molecule has 4 aliphatic heterocycles. The number of benzene rings is 3. The maximum absolute atomic E-state index is 13.3. The summed E-state index contributed by atoms with van der Waals surface area (Å²) in [4.78, 5) is 13.3. The molecule has 0 unspecified atom stereocenters. The van der Waals surface area contributed by atoms with Gasteiger partial charge >= 0.3 is 20.2 Å². The van der Waals surface area contributed by atoms with Crippen LogP contribution in [0.5, 0.6) is 11.5 Å². The number of hydrogen-bond donors (Lipinski definition) is 0. The Labute approximate surface area is 249 Å². The second kappa shape index (κ2) is 8.96. The summed E-state index contributed by atoms with van der Waals surface area (Å²) in [5, 5.41) is 0. The number of fused-ring (bicyclic) bond motifs is 6. The highest BCUT2D eigenvalue weighted by Crippen LogP contribution is 2.55. The van der Waals surface area contributed by atoms with Crippen molar-refractivity contribution in [1.29, 1.82) is 0 Å². The molecule has 0 radical (unpaired) electrons. The van der Waals surface area contributed by atoms with Crippen LogP contribution in [0.15, 0.2) is 60.7 Å². The molecule has 0 aliphatic carbocycles. The molecule has 3 aromatic rings. The molecule has 218 valence electrons. The molecule has 4 heterocycles. The molecular weight excluding hydrogens is 530 g/mol. The molecular formula is C33H38B2O7. The first-order valence-corrected chi connectivity index (χ1v) is 14.2. The molecule has 2 saturated heterocycles. The van der Waals surface area contributed by atoms with Crippen LogP contribution in [-0.2, 0) is 29.0 Å². The summed E-state index contributed by atoms with van der Waals surface area (Å²) in [7, 11) is -1.14. The van der Waals surface area contributed by atoms with Crippen LogP contribution in [0.2, 0.25) is 0 Å². The third-order valence-electron chi connectivity index (χ3n) is 9.81. The zero-order valence-electron chi connectivity index (χ0n) is 24.8. The molecule has 9 heteroatoms. The van der Waals surface area contributed by atoms with Gasteiger partial charge in [0, 0.05) is 16.7 Å². The first kappa shape index (κ1) is 29.0. The van der Waals surface area contributed by atoms with Gasteiger partial charge in [0.2, 0.25) is 0 Å². The van der Waals surface area contributed by atoms with E-state index in [0.29, 0.717) is 17.1 Å². The minimum atomic E-state index is -1.17. The summed E-state index contributed by atoms with van der Waals surface area (Å²) in [6.07, 6.45) is 0. The van der Waals surface area contributed by atoms with Crippen LogP contribution in [-0.4, -0.2) is 42.6 Å². The molecule has 0 bridgehead atoms. The van der Waals surface area contributed by atoms with Crippen LogP contribution in [0.25, 0.3) is 0 Å². The average Bonchev–Trinajstić information content (AvgIpc) is 3.41. The van der Waals surface area contributed by atoms with Crippen molar-refractivity contribution in [2.45, 2.75) is 90.8 Å². The highest BCUT2D eigenvalue weighted by molar-refractivity contribution is 6.62. The number of rotatable bonds is 2. The van der Waals surface area contributed by atoms with Gasteiger partial charge in [0.15, 0.2) is 5.60 Å². The van der Waals surface area contributed by atoms with Gasteiger partial charge < -0.3 is 28.1 Å². The van der Waals surface area contributed by atoms with Crippen molar-refractivity contribution in [2.75, 3.05) is 0 Å². The fourth-order valence-corrected chi connectivity index (χ4v) is 5.96. The topological polar surface area (TPSA) is 72.5 Å². The second-order valence-corrected chi connectivity index (χ2v) is 13.4. The largest absolute Gasteiger partial charge is 0.494 e. The number of ether oxygens (including phenoxy) is 2. The normalized spacial score (nSPS) is 23.0. The van der Waals surface area contributed by atoms with Gasteiger partial charge in [0.25, 0.3) is 0 Å². The molecule has 42 heavy (non-hydrogen) atoms. The Hall–Kier alpha value is -3.10. The van der Waals surface area contributed by atoms with Crippen molar-refractivity contribution in [3.05, 3.63) is 82.9 Å². The van der Waals surface area contributed by atoms with E-state index in [1.54, 1.807) is 6.07 Å². The summed E-state index contributed by atoms with van der Waals surface area (Å²) >= 11 is 0. The Morgan fingerprint density at radius 2 is 1.00 bits per heavy atom. The van der Waals surface area contributed by atoms with E-state index in [0.717, 1.165) is 27.6 Å². The zero-order valence-corrected chi connectivity index (χ0v) is 24.8. The van der Waals surface area contributed by atoms with Gasteiger partial charge in [-0.25, -0.2) is 4.79 Å². The minimum absolute atomic E-state index is 0. The number of carbonyl (C=O) groups excluding carboxylic acids is 1. The lowest BCUT2D eigenvalue weighted by atomic mass is 9.72. The lowest BCUT2D eigenvalue weighted by Crippen LogP contribution is -2.41. The molecule has 4 aliphatic rings. The quantitative estimate of drug-likeness (QED) is 0.299. The Kier molecular flexibility index (Phi) is 6.18. The number of hydrogen-bond acceptors (Lipinski definition) is 7. The standard InChI is InChI=1S/C32H34B2O7.CH4/c1-28(2)29(3,4)39-33(38-28)19-13-15-23-25(17-19)36-26-18-20(34-40-30(5,6)31(7,8)41-34)14-16-24(26)32(23)22-12-10-9-11-21(22)27(35)37-32;/h9-18H,1-8H3;1H4. The highest BCUT2D eigenvalue weighted by atomic mass is 16.7. The number of esters is 1. The predicted octanol–water partition coefficient (Wildman–Crippen LogP) is 5.49. The van der Waals surface area contributed by atoms with E-state index in [1.165, 1.54) is 0 Å². The SMILES string of the molecule is C.CC1(C)OB(c2ccc3c(c2)Oc2cc(B4OC(C)(C)C(C)(C)O4)ccc2C32OC(=O)c3ccccc32)OC1(C)C. The van der Waals surface area contributed by atoms with Gasteiger partial charge in [-0.3, -0.25) is 0 Å². The van der Waals surface area contributed by atoms with E-state index < -0.39 is 42.2 Å². The minimum Gasteiger partial charge on any atom is -0.456 e. The first-order valence-electron chi connectivity index (χ1n) is 14.2. The summed E-state index contributed by atoms with van der Waals surface area (Å²) in [5.41, 5.74) is 1.33. The molecule has 7 nitrogen and oxygen atoms in total. The molecule has 0 aromatic heterocycles. The molecule has 0 amide bonds. The fraction of sp³-hybridized carbons (Fsp3) is 0.424. The van der Waals surface area contributed by atoms with Crippen molar-refractivity contribution in [3.63, 3.8) is 0 Å².